The normalized spacial score (nSPS) is 11.4. The lowest BCUT2D eigenvalue weighted by Crippen LogP contribution is -2.31. The van der Waals surface area contributed by atoms with Gasteiger partial charge in [0.2, 0.25) is 0 Å². The van der Waals surface area contributed by atoms with Gasteiger partial charge >= 0.3 is 0 Å². The topological polar surface area (TPSA) is 63.4 Å². The van der Waals surface area contributed by atoms with Gasteiger partial charge in [0.15, 0.2) is 0 Å². The van der Waals surface area contributed by atoms with Crippen LogP contribution < -0.4 is 10.0 Å². The third-order valence-corrected chi connectivity index (χ3v) is 5.04. The van der Waals surface area contributed by atoms with Crippen LogP contribution in [0.1, 0.15) is 12.5 Å². The molecule has 0 saturated heterocycles. The fraction of sp³-hybridized carbons (Fsp3) is 0.200. The van der Waals surface area contributed by atoms with Gasteiger partial charge < -0.3 is 5.73 Å². The third-order valence-electron chi connectivity index (χ3n) is 3.10. The van der Waals surface area contributed by atoms with Crippen LogP contribution in [0.3, 0.4) is 0 Å². The Morgan fingerprint density at radius 3 is 2.48 bits per heavy atom. The number of sulfonamides is 1. The van der Waals surface area contributed by atoms with Gasteiger partial charge in [0.25, 0.3) is 10.0 Å². The molecule has 0 aliphatic heterocycles. The Kier molecular flexibility index (Phi) is 4.18. The Hall–Kier alpha value is -2.08. The van der Waals surface area contributed by atoms with Crippen molar-refractivity contribution < 1.29 is 12.8 Å². The van der Waals surface area contributed by atoms with Gasteiger partial charge in [-0.1, -0.05) is 12.1 Å². The number of nitrogens with two attached hydrogens (primary N) is 1. The summed E-state index contributed by atoms with van der Waals surface area (Å²) in [6.45, 7) is 3.78. The summed E-state index contributed by atoms with van der Waals surface area (Å²) in [6, 6.07) is 10.6. The van der Waals surface area contributed by atoms with Crippen LogP contribution >= 0.6 is 0 Å². The first-order chi connectivity index (χ1) is 9.86. The number of halogens is 1. The van der Waals surface area contributed by atoms with E-state index in [0.717, 1.165) is 11.6 Å². The first kappa shape index (κ1) is 15.3. The van der Waals surface area contributed by atoms with Crippen molar-refractivity contribution in [1.82, 2.24) is 0 Å². The highest BCUT2D eigenvalue weighted by Crippen LogP contribution is 2.26. The molecule has 0 amide bonds. The Morgan fingerprint density at radius 1 is 1.19 bits per heavy atom. The maximum Gasteiger partial charge on any atom is 0.267 e. The molecule has 2 aromatic carbocycles. The third kappa shape index (κ3) is 3.00. The van der Waals surface area contributed by atoms with E-state index in [9.17, 15) is 12.8 Å². The van der Waals surface area contributed by atoms with Gasteiger partial charge in [0.05, 0.1) is 5.69 Å². The lowest BCUT2D eigenvalue weighted by Gasteiger charge is -2.23. The van der Waals surface area contributed by atoms with Crippen LogP contribution in [-0.2, 0) is 10.0 Å². The van der Waals surface area contributed by atoms with E-state index < -0.39 is 15.8 Å². The summed E-state index contributed by atoms with van der Waals surface area (Å²) in [6.07, 6.45) is 0. The first-order valence-electron chi connectivity index (χ1n) is 6.50. The molecular formula is C15H17FN2O2S. The van der Waals surface area contributed by atoms with Gasteiger partial charge in [-0.05, 0) is 49.7 Å². The zero-order valence-corrected chi connectivity index (χ0v) is 12.7. The molecule has 0 atom stereocenters. The van der Waals surface area contributed by atoms with Crippen LogP contribution in [0.4, 0.5) is 15.8 Å². The van der Waals surface area contributed by atoms with E-state index in [2.05, 4.69) is 0 Å². The molecule has 4 nitrogen and oxygen atoms in total. The molecule has 0 aliphatic carbocycles. The van der Waals surface area contributed by atoms with Gasteiger partial charge in [0, 0.05) is 12.2 Å². The van der Waals surface area contributed by atoms with E-state index in [-0.39, 0.29) is 17.1 Å². The van der Waals surface area contributed by atoms with Gasteiger partial charge in [-0.3, -0.25) is 4.31 Å². The number of rotatable bonds is 4. The number of nitrogen functional groups attached to an aromatic ring is 1. The zero-order valence-electron chi connectivity index (χ0n) is 11.9. The fourth-order valence-electron chi connectivity index (χ4n) is 2.12. The number of hydrogen-bond acceptors (Lipinski definition) is 3. The van der Waals surface area contributed by atoms with Crippen LogP contribution in [0.2, 0.25) is 0 Å². The molecule has 6 heteroatoms. The smallest absolute Gasteiger partial charge is 0.267 e. The summed E-state index contributed by atoms with van der Waals surface area (Å²) in [7, 11) is -3.97. The monoisotopic (exact) mass is 308 g/mol. The van der Waals surface area contributed by atoms with Crippen LogP contribution in [-0.4, -0.2) is 15.0 Å². The number of anilines is 2. The molecule has 0 aliphatic rings. The molecule has 0 radical (unpaired) electrons. The van der Waals surface area contributed by atoms with Crippen LogP contribution in [0.5, 0.6) is 0 Å². The van der Waals surface area contributed by atoms with Crippen molar-refractivity contribution in [2.75, 3.05) is 16.6 Å². The fourth-order valence-corrected chi connectivity index (χ4v) is 3.63. The highest BCUT2D eigenvalue weighted by Gasteiger charge is 2.26. The number of hydrogen-bond donors (Lipinski definition) is 1. The van der Waals surface area contributed by atoms with Crippen LogP contribution in [0.25, 0.3) is 0 Å². The molecule has 2 aromatic rings. The van der Waals surface area contributed by atoms with Crippen LogP contribution in [0, 0.1) is 12.7 Å². The lowest BCUT2D eigenvalue weighted by atomic mass is 10.2. The molecule has 21 heavy (non-hydrogen) atoms. The second kappa shape index (κ2) is 5.73. The molecule has 0 saturated carbocycles. The Bertz CT molecular complexity index is 760. The van der Waals surface area contributed by atoms with Crippen molar-refractivity contribution in [2.45, 2.75) is 18.7 Å². The predicted octanol–water partition coefficient (Wildman–Crippen LogP) is 2.93. The van der Waals surface area contributed by atoms with Gasteiger partial charge in [-0.25, -0.2) is 12.8 Å². The lowest BCUT2D eigenvalue weighted by molar-refractivity contribution is 0.564. The first-order valence-corrected chi connectivity index (χ1v) is 7.94. The SMILES string of the molecule is CCN(c1cccc(C)c1)S(=O)(=O)c1ccc(N)cc1F. The van der Waals surface area contributed by atoms with Crippen molar-refractivity contribution in [3.05, 3.63) is 53.8 Å². The molecular weight excluding hydrogens is 291 g/mol. The van der Waals surface area contributed by atoms with E-state index in [1.807, 2.05) is 13.0 Å². The minimum atomic E-state index is -3.97. The summed E-state index contributed by atoms with van der Waals surface area (Å²) in [5.41, 5.74) is 7.08. The second-order valence-corrected chi connectivity index (χ2v) is 6.53. The molecule has 0 fully saturated rings. The van der Waals surface area contributed by atoms with E-state index in [1.165, 1.54) is 16.4 Å². The summed E-state index contributed by atoms with van der Waals surface area (Å²) in [5.74, 6) is -0.846. The minimum Gasteiger partial charge on any atom is -0.399 e. The molecule has 0 heterocycles. The summed E-state index contributed by atoms with van der Waals surface area (Å²) in [5, 5.41) is 0. The van der Waals surface area contributed by atoms with E-state index in [1.54, 1.807) is 25.1 Å². The molecule has 0 aromatic heterocycles. The highest BCUT2D eigenvalue weighted by atomic mass is 32.2. The largest absolute Gasteiger partial charge is 0.399 e. The number of benzene rings is 2. The molecule has 2 rings (SSSR count). The van der Waals surface area contributed by atoms with Crippen molar-refractivity contribution >= 4 is 21.4 Å². The minimum absolute atomic E-state index is 0.185. The van der Waals surface area contributed by atoms with Crippen molar-refractivity contribution in [1.29, 1.82) is 0 Å². The average molecular weight is 308 g/mol. The standard InChI is InChI=1S/C15H17FN2O2S/c1-3-18(13-6-4-5-11(2)9-13)21(19,20)15-8-7-12(17)10-14(15)16/h4-10H,3,17H2,1-2H3. The summed E-state index contributed by atoms with van der Waals surface area (Å²) >= 11 is 0. The van der Waals surface area contributed by atoms with Crippen molar-refractivity contribution in [3.8, 4) is 0 Å². The zero-order chi connectivity index (χ0) is 15.6. The molecule has 0 spiro atoms. The van der Waals surface area contributed by atoms with Crippen molar-refractivity contribution in [2.24, 2.45) is 0 Å². The van der Waals surface area contributed by atoms with Gasteiger partial charge in [0.1, 0.15) is 10.7 Å². The Labute approximate surface area is 124 Å². The maximum absolute atomic E-state index is 14.0. The van der Waals surface area contributed by atoms with E-state index in [0.29, 0.717) is 5.69 Å². The van der Waals surface area contributed by atoms with Crippen molar-refractivity contribution in [3.63, 3.8) is 0 Å². The maximum atomic E-state index is 14.0. The van der Waals surface area contributed by atoms with E-state index >= 15 is 0 Å². The predicted molar refractivity (Wildman–Crippen MR) is 82.2 cm³/mol. The average Bonchev–Trinajstić information content (AvgIpc) is 2.38. The summed E-state index contributed by atoms with van der Waals surface area (Å²) in [4.78, 5) is -0.375. The van der Waals surface area contributed by atoms with Gasteiger partial charge in [-0.15, -0.1) is 0 Å². The van der Waals surface area contributed by atoms with Gasteiger partial charge in [-0.2, -0.15) is 0 Å². The number of nitrogens with zero attached hydrogens (tertiary/aromatic N) is 1. The van der Waals surface area contributed by atoms with E-state index in [4.69, 9.17) is 5.73 Å². The Balaban J connectivity index is 2.54. The molecule has 0 unspecified atom stereocenters. The molecule has 112 valence electrons. The van der Waals surface area contributed by atoms with Crippen LogP contribution in [0.15, 0.2) is 47.4 Å². The Morgan fingerprint density at radius 2 is 1.90 bits per heavy atom. The molecule has 0 bridgehead atoms. The highest BCUT2D eigenvalue weighted by molar-refractivity contribution is 7.92. The second-order valence-electron chi connectivity index (χ2n) is 4.70. The summed E-state index contributed by atoms with van der Waals surface area (Å²) < 4.78 is 40.4. The quantitative estimate of drug-likeness (QED) is 0.883. The number of aryl methyl sites for hydroxylation is 1. The molecule has 2 N–H and O–H groups in total.